The topological polar surface area (TPSA) is 160 Å². The minimum atomic E-state index is -0.979. The maximum absolute atomic E-state index is 11.2. The summed E-state index contributed by atoms with van der Waals surface area (Å²) in [7, 11) is 0. The Kier molecular flexibility index (Phi) is 9.03. The summed E-state index contributed by atoms with van der Waals surface area (Å²) in [6, 6.07) is 3.75. The van der Waals surface area contributed by atoms with Gasteiger partial charge in [0.1, 0.15) is 12.3 Å². The van der Waals surface area contributed by atoms with Crippen LogP contribution in [-0.2, 0) is 16.1 Å². The number of carboxylic acid groups (broad SMARTS) is 2. The van der Waals surface area contributed by atoms with E-state index in [0.29, 0.717) is 44.8 Å². The van der Waals surface area contributed by atoms with Crippen molar-refractivity contribution >= 4 is 17.6 Å². The molecule has 0 aromatic heterocycles. The van der Waals surface area contributed by atoms with Crippen molar-refractivity contribution in [1.29, 1.82) is 0 Å². The van der Waals surface area contributed by atoms with Crippen LogP contribution in [0.2, 0.25) is 0 Å². The van der Waals surface area contributed by atoms with Gasteiger partial charge in [0, 0.05) is 75.9 Å². The van der Waals surface area contributed by atoms with E-state index in [1.54, 1.807) is 27.1 Å². The maximum atomic E-state index is 11.2. The van der Waals surface area contributed by atoms with Crippen molar-refractivity contribution in [1.82, 2.24) is 20.0 Å². The van der Waals surface area contributed by atoms with Gasteiger partial charge in [0.05, 0.1) is 11.5 Å². The number of carbonyl (C=O) groups is 2. The van der Waals surface area contributed by atoms with Crippen LogP contribution < -0.4 is 5.32 Å². The average Bonchev–Trinajstić information content (AvgIpc) is 2.68. The average molecular weight is 437 g/mol. The van der Waals surface area contributed by atoms with E-state index in [2.05, 4.69) is 5.32 Å². The highest BCUT2D eigenvalue weighted by Gasteiger charge is 2.16. The Morgan fingerprint density at radius 1 is 1.00 bits per heavy atom. The van der Waals surface area contributed by atoms with E-state index in [4.69, 9.17) is 10.2 Å². The number of hydrogen-bond acceptors (Lipinski definition) is 9. The third-order valence-corrected chi connectivity index (χ3v) is 4.72. The molecule has 1 heterocycles. The molecule has 12 heteroatoms. The zero-order valence-electron chi connectivity index (χ0n) is 17.0. The van der Waals surface area contributed by atoms with Crippen molar-refractivity contribution in [2.75, 3.05) is 52.4 Å². The molecule has 1 aromatic rings. The quantitative estimate of drug-likeness (QED) is 0.334. The van der Waals surface area contributed by atoms with Gasteiger partial charge < -0.3 is 30.4 Å². The normalized spacial score (nSPS) is 17.4. The van der Waals surface area contributed by atoms with Gasteiger partial charge in [0.15, 0.2) is 0 Å². The number of rotatable bonds is 7. The summed E-state index contributed by atoms with van der Waals surface area (Å²) in [5.41, 5.74) is 0.180. The molecule has 0 radical (unpaired) electrons. The van der Waals surface area contributed by atoms with Gasteiger partial charge in [0.2, 0.25) is 0 Å². The molecule has 1 aliphatic heterocycles. The third kappa shape index (κ3) is 8.48. The lowest BCUT2D eigenvalue weighted by Crippen LogP contribution is -2.42. The van der Waals surface area contributed by atoms with Crippen LogP contribution in [0.5, 0.6) is 5.75 Å². The van der Waals surface area contributed by atoms with Crippen molar-refractivity contribution in [2.45, 2.75) is 6.54 Å². The monoisotopic (exact) mass is 437 g/mol. The van der Waals surface area contributed by atoms with Crippen molar-refractivity contribution in [3.63, 3.8) is 0 Å². The van der Waals surface area contributed by atoms with Crippen LogP contribution in [0.1, 0.15) is 5.56 Å². The first-order valence-corrected chi connectivity index (χ1v) is 9.74. The first-order valence-electron chi connectivity index (χ1n) is 9.74. The first-order chi connectivity index (χ1) is 14.7. The first kappa shape index (κ1) is 23.9. The highest BCUT2D eigenvalue weighted by atomic mass is 16.6. The van der Waals surface area contributed by atoms with Crippen molar-refractivity contribution in [2.24, 2.45) is 0 Å². The van der Waals surface area contributed by atoms with E-state index in [9.17, 15) is 24.8 Å². The lowest BCUT2D eigenvalue weighted by atomic mass is 10.1. The van der Waals surface area contributed by atoms with Crippen LogP contribution in [0, 0.1) is 10.1 Å². The van der Waals surface area contributed by atoms with Gasteiger partial charge in [-0.25, -0.2) is 0 Å². The number of phenolic OH excluding ortho intramolecular Hbond substituents is 1. The molecule has 0 spiro atoms. The summed E-state index contributed by atoms with van der Waals surface area (Å²) in [6.07, 6.45) is 3.27. The van der Waals surface area contributed by atoms with Crippen LogP contribution >= 0.6 is 0 Å². The number of nitro benzene ring substituents is 1. The summed E-state index contributed by atoms with van der Waals surface area (Å²) >= 11 is 0. The fourth-order valence-electron chi connectivity index (χ4n) is 3.12. The molecular weight excluding hydrogens is 410 g/mol. The van der Waals surface area contributed by atoms with E-state index >= 15 is 0 Å². The molecule has 0 aliphatic carbocycles. The number of hydrogen-bond donors (Lipinski definition) is 4. The van der Waals surface area contributed by atoms with Gasteiger partial charge in [-0.2, -0.15) is 0 Å². The smallest absolute Gasteiger partial charge is 0.323 e. The molecule has 2 rings (SSSR count). The maximum Gasteiger partial charge on any atom is 0.323 e. The molecular formula is C19H27N5O7. The molecule has 31 heavy (non-hydrogen) atoms. The molecule has 0 saturated carbocycles. The number of nitrogens with zero attached hydrogens (tertiary/aromatic N) is 4. The largest absolute Gasteiger partial charge is 0.508 e. The van der Waals surface area contributed by atoms with Crippen molar-refractivity contribution in [3.05, 3.63) is 46.3 Å². The second kappa shape index (κ2) is 11.7. The number of non-ortho nitro benzene ring substituents is 1. The van der Waals surface area contributed by atoms with Crippen molar-refractivity contribution in [3.8, 4) is 5.75 Å². The molecule has 0 bridgehead atoms. The summed E-state index contributed by atoms with van der Waals surface area (Å²) in [4.78, 5) is 38.0. The fourth-order valence-corrected chi connectivity index (χ4v) is 3.12. The molecule has 0 amide bonds. The number of aliphatic carboxylic acids is 2. The third-order valence-electron chi connectivity index (χ3n) is 4.72. The zero-order valence-corrected chi connectivity index (χ0v) is 17.0. The minimum absolute atomic E-state index is 0.0981. The van der Waals surface area contributed by atoms with E-state index in [1.807, 2.05) is 0 Å². The molecule has 0 atom stereocenters. The zero-order chi connectivity index (χ0) is 22.8. The number of nitro groups is 1. The lowest BCUT2D eigenvalue weighted by molar-refractivity contribution is -0.385. The SMILES string of the molecule is O=C(O)CN1/C=C\N(Cc2cc([N+](=O)[O-])ccc2O)CCN(CC(=O)O)CCNCC1. The predicted octanol–water partition coefficient (Wildman–Crippen LogP) is -0.0500. The number of aromatic hydroxyl groups is 1. The molecule has 4 N–H and O–H groups in total. The molecule has 1 aliphatic rings. The van der Waals surface area contributed by atoms with Crippen LogP contribution in [-0.4, -0.2) is 99.2 Å². The minimum Gasteiger partial charge on any atom is -0.508 e. The van der Waals surface area contributed by atoms with E-state index in [-0.39, 0.29) is 31.1 Å². The Morgan fingerprint density at radius 3 is 2.35 bits per heavy atom. The van der Waals surface area contributed by atoms with Gasteiger partial charge >= 0.3 is 11.9 Å². The van der Waals surface area contributed by atoms with Gasteiger partial charge in [-0.1, -0.05) is 0 Å². The van der Waals surface area contributed by atoms with E-state index in [1.165, 1.54) is 18.2 Å². The highest BCUT2D eigenvalue weighted by Crippen LogP contribution is 2.24. The van der Waals surface area contributed by atoms with Crippen LogP contribution in [0.25, 0.3) is 0 Å². The van der Waals surface area contributed by atoms with Crippen LogP contribution in [0.3, 0.4) is 0 Å². The van der Waals surface area contributed by atoms with E-state index < -0.39 is 16.9 Å². The summed E-state index contributed by atoms with van der Waals surface area (Å²) < 4.78 is 0. The molecule has 1 aromatic carbocycles. The summed E-state index contributed by atoms with van der Waals surface area (Å²) in [5.74, 6) is -2.02. The predicted molar refractivity (Wildman–Crippen MR) is 110 cm³/mol. The Bertz CT molecular complexity index is 817. The summed E-state index contributed by atoms with van der Waals surface area (Å²) in [6.45, 7) is 2.55. The Labute approximate surface area is 179 Å². The van der Waals surface area contributed by atoms with Crippen molar-refractivity contribution < 1.29 is 29.8 Å². The number of phenols is 1. The highest BCUT2D eigenvalue weighted by molar-refractivity contribution is 5.69. The number of carboxylic acids is 2. The lowest BCUT2D eigenvalue weighted by Gasteiger charge is -2.28. The summed E-state index contributed by atoms with van der Waals surface area (Å²) in [5, 5.41) is 42.6. The number of benzene rings is 1. The standard InChI is InChI=1S/C19H27N5O7/c25-17-2-1-16(24(30)31)11-15(17)12-23-9-7-21(13-18(26)27)5-3-20-4-6-22(8-10-23)14-19(28)29/h1-2,7,9,11,20,25H,3-6,8,10,12-14H2,(H,26,27)(H,28,29)/b9-7-. The molecule has 12 nitrogen and oxygen atoms in total. The second-order valence-electron chi connectivity index (χ2n) is 7.12. The Balaban J connectivity index is 2.25. The molecule has 0 saturated heterocycles. The molecule has 0 unspecified atom stereocenters. The molecule has 0 fully saturated rings. The Morgan fingerprint density at radius 2 is 1.68 bits per heavy atom. The van der Waals surface area contributed by atoms with E-state index in [0.717, 1.165) is 0 Å². The van der Waals surface area contributed by atoms with Gasteiger partial charge in [-0.3, -0.25) is 24.6 Å². The fraction of sp³-hybridized carbons (Fsp3) is 0.474. The molecule has 170 valence electrons. The number of nitrogens with one attached hydrogen (secondary N) is 1. The van der Waals surface area contributed by atoms with Gasteiger partial charge in [0.25, 0.3) is 5.69 Å². The second-order valence-corrected chi connectivity index (χ2v) is 7.12. The van der Waals surface area contributed by atoms with Crippen LogP contribution in [0.4, 0.5) is 5.69 Å². The van der Waals surface area contributed by atoms with Crippen LogP contribution in [0.15, 0.2) is 30.6 Å². The van der Waals surface area contributed by atoms with Gasteiger partial charge in [-0.05, 0) is 6.07 Å². The van der Waals surface area contributed by atoms with Gasteiger partial charge in [-0.15, -0.1) is 0 Å². The Hall–Kier alpha value is -3.38.